The molecule has 0 aliphatic heterocycles. The molecule has 0 spiro atoms. The first-order chi connectivity index (χ1) is 21.6. The van der Waals surface area contributed by atoms with Crippen molar-refractivity contribution in [2.75, 3.05) is 12.8 Å². The lowest BCUT2D eigenvalue weighted by atomic mass is 10.0. The average Bonchev–Trinajstić information content (AvgIpc) is 3.04. The molecule has 0 amide bonds. The Balaban J connectivity index is 1.30. The molecule has 0 aliphatic carbocycles. The number of esters is 1. The third kappa shape index (κ3) is 7.95. The SMILES string of the molecule is COc1cccc(-c2ccc(C(Oc3cc(-c4ccc(CC(N)C(=O)Oc5ccccc5)cc4)nc(N)n3)C(F)(F)F)cc2)c1. The van der Waals surface area contributed by atoms with E-state index >= 15 is 0 Å². The molecule has 0 fully saturated rings. The molecule has 4 N–H and O–H groups in total. The highest BCUT2D eigenvalue weighted by atomic mass is 19.4. The Hall–Kier alpha value is -5.42. The minimum Gasteiger partial charge on any atom is -0.497 e. The molecule has 2 atom stereocenters. The number of anilines is 1. The van der Waals surface area contributed by atoms with Crippen LogP contribution in [0.25, 0.3) is 22.4 Å². The van der Waals surface area contributed by atoms with Gasteiger partial charge < -0.3 is 25.7 Å². The van der Waals surface area contributed by atoms with Crippen molar-refractivity contribution < 1.29 is 32.2 Å². The molecular weight excluding hydrogens is 585 g/mol. The van der Waals surface area contributed by atoms with E-state index in [0.29, 0.717) is 22.6 Å². The van der Waals surface area contributed by atoms with E-state index < -0.39 is 24.3 Å². The van der Waals surface area contributed by atoms with Crippen LogP contribution < -0.4 is 25.7 Å². The molecule has 4 aromatic carbocycles. The summed E-state index contributed by atoms with van der Waals surface area (Å²) >= 11 is 0. The van der Waals surface area contributed by atoms with Crippen LogP contribution in [0.4, 0.5) is 19.1 Å². The molecule has 11 heteroatoms. The van der Waals surface area contributed by atoms with Gasteiger partial charge >= 0.3 is 12.1 Å². The number of hydrogen-bond acceptors (Lipinski definition) is 8. The number of benzene rings is 4. The summed E-state index contributed by atoms with van der Waals surface area (Å²) in [5, 5.41) is 0. The highest BCUT2D eigenvalue weighted by molar-refractivity contribution is 5.78. The molecule has 1 aromatic heterocycles. The van der Waals surface area contributed by atoms with E-state index in [9.17, 15) is 18.0 Å². The molecule has 0 bridgehead atoms. The molecule has 230 valence electrons. The van der Waals surface area contributed by atoms with Gasteiger partial charge in [0.1, 0.15) is 17.5 Å². The van der Waals surface area contributed by atoms with E-state index in [1.54, 1.807) is 84.9 Å². The van der Waals surface area contributed by atoms with Crippen LogP contribution in [0.5, 0.6) is 17.4 Å². The van der Waals surface area contributed by atoms with Gasteiger partial charge in [-0.3, -0.25) is 0 Å². The minimum absolute atomic E-state index is 0.112. The highest BCUT2D eigenvalue weighted by Crippen LogP contribution is 2.38. The van der Waals surface area contributed by atoms with Crippen LogP contribution in [0.15, 0.2) is 109 Å². The number of nitrogens with two attached hydrogens (primary N) is 2. The van der Waals surface area contributed by atoms with Crippen LogP contribution in [0.2, 0.25) is 0 Å². The molecule has 5 aromatic rings. The van der Waals surface area contributed by atoms with Crippen molar-refractivity contribution in [3.05, 3.63) is 120 Å². The second-order valence-electron chi connectivity index (χ2n) is 10.1. The number of nitrogens with zero attached hydrogens (tertiary/aromatic N) is 2. The Bertz CT molecular complexity index is 1750. The smallest absolute Gasteiger partial charge is 0.429 e. The van der Waals surface area contributed by atoms with Gasteiger partial charge in [0.05, 0.1) is 12.8 Å². The highest BCUT2D eigenvalue weighted by Gasteiger charge is 2.43. The number of nitrogen functional groups attached to an aromatic ring is 1. The number of carbonyl (C=O) groups is 1. The van der Waals surface area contributed by atoms with E-state index in [4.69, 9.17) is 25.7 Å². The normalized spacial score (nSPS) is 12.6. The Morgan fingerprint density at radius 2 is 1.47 bits per heavy atom. The third-order valence-electron chi connectivity index (χ3n) is 6.84. The van der Waals surface area contributed by atoms with Crippen LogP contribution in [0.1, 0.15) is 17.2 Å². The van der Waals surface area contributed by atoms with Gasteiger partial charge in [0, 0.05) is 17.2 Å². The second kappa shape index (κ2) is 13.5. The molecule has 0 radical (unpaired) electrons. The van der Waals surface area contributed by atoms with E-state index in [-0.39, 0.29) is 29.5 Å². The predicted molar refractivity (Wildman–Crippen MR) is 163 cm³/mol. The number of carbonyl (C=O) groups excluding carboxylic acids is 1. The Morgan fingerprint density at radius 3 is 2.13 bits per heavy atom. The first-order valence-electron chi connectivity index (χ1n) is 13.8. The van der Waals surface area contributed by atoms with Crippen LogP contribution in [-0.2, 0) is 11.2 Å². The van der Waals surface area contributed by atoms with Crippen molar-refractivity contribution in [2.24, 2.45) is 5.73 Å². The molecule has 45 heavy (non-hydrogen) atoms. The van der Waals surface area contributed by atoms with Gasteiger partial charge in [0.25, 0.3) is 0 Å². The van der Waals surface area contributed by atoms with Crippen molar-refractivity contribution in [2.45, 2.75) is 24.7 Å². The maximum absolute atomic E-state index is 14.2. The van der Waals surface area contributed by atoms with Crippen molar-refractivity contribution in [3.8, 4) is 39.8 Å². The van der Waals surface area contributed by atoms with Gasteiger partial charge in [-0.05, 0) is 47.4 Å². The van der Waals surface area contributed by atoms with Gasteiger partial charge in [-0.2, -0.15) is 18.2 Å². The topological polar surface area (TPSA) is 123 Å². The zero-order valence-corrected chi connectivity index (χ0v) is 24.1. The number of rotatable bonds is 10. The summed E-state index contributed by atoms with van der Waals surface area (Å²) in [6, 6.07) is 28.9. The lowest BCUT2D eigenvalue weighted by Crippen LogP contribution is -2.36. The summed E-state index contributed by atoms with van der Waals surface area (Å²) in [4.78, 5) is 20.4. The molecule has 5 rings (SSSR count). The summed E-state index contributed by atoms with van der Waals surface area (Å²) in [5.74, 6) is -0.152. The third-order valence-corrected chi connectivity index (χ3v) is 6.84. The van der Waals surface area contributed by atoms with Crippen molar-refractivity contribution in [1.82, 2.24) is 9.97 Å². The molecular formula is C34H29F3N4O4. The summed E-state index contributed by atoms with van der Waals surface area (Å²) in [6.07, 6.45) is -6.85. The summed E-state index contributed by atoms with van der Waals surface area (Å²) in [6.45, 7) is 0. The first kappa shape index (κ1) is 31.0. The molecule has 2 unspecified atom stereocenters. The summed E-state index contributed by atoms with van der Waals surface area (Å²) < 4.78 is 58.5. The second-order valence-corrected chi connectivity index (χ2v) is 10.1. The minimum atomic E-state index is -4.75. The standard InChI is InChI=1S/C34H29F3N4O4/c1-43-27-9-5-6-25(19-27)22-14-16-24(17-15-22)31(34(35,36)37)45-30-20-29(40-33(39)41-30)23-12-10-21(11-13-23)18-28(38)32(42)44-26-7-3-2-4-8-26/h2-17,19-20,28,31H,18,38H2,1H3,(H2,39,40,41). The number of ether oxygens (including phenoxy) is 3. The van der Waals surface area contributed by atoms with Crippen LogP contribution in [0, 0.1) is 0 Å². The summed E-state index contributed by atoms with van der Waals surface area (Å²) in [5.41, 5.74) is 14.8. The first-order valence-corrected chi connectivity index (χ1v) is 13.8. The average molecular weight is 615 g/mol. The molecule has 1 heterocycles. The van der Waals surface area contributed by atoms with Gasteiger partial charge in [0.2, 0.25) is 17.9 Å². The van der Waals surface area contributed by atoms with Gasteiger partial charge in [0.15, 0.2) is 0 Å². The number of aromatic nitrogens is 2. The fraction of sp³-hybridized carbons (Fsp3) is 0.147. The summed E-state index contributed by atoms with van der Waals surface area (Å²) in [7, 11) is 1.54. The predicted octanol–water partition coefficient (Wildman–Crippen LogP) is 6.56. The van der Waals surface area contributed by atoms with E-state index in [1.807, 2.05) is 6.07 Å². The number of halogens is 3. The largest absolute Gasteiger partial charge is 0.497 e. The van der Waals surface area contributed by atoms with Crippen LogP contribution in [0.3, 0.4) is 0 Å². The van der Waals surface area contributed by atoms with E-state index in [0.717, 1.165) is 11.1 Å². The van der Waals surface area contributed by atoms with E-state index in [1.165, 1.54) is 25.3 Å². The Morgan fingerprint density at radius 1 is 0.800 bits per heavy atom. The van der Waals surface area contributed by atoms with Crippen molar-refractivity contribution in [1.29, 1.82) is 0 Å². The molecule has 0 saturated carbocycles. The lowest BCUT2D eigenvalue weighted by Gasteiger charge is -2.22. The van der Waals surface area contributed by atoms with Gasteiger partial charge in [-0.15, -0.1) is 0 Å². The van der Waals surface area contributed by atoms with Crippen molar-refractivity contribution >= 4 is 11.9 Å². The van der Waals surface area contributed by atoms with Crippen LogP contribution in [-0.4, -0.2) is 35.3 Å². The maximum Gasteiger partial charge on any atom is 0.429 e. The van der Waals surface area contributed by atoms with Crippen molar-refractivity contribution in [3.63, 3.8) is 0 Å². The fourth-order valence-corrected chi connectivity index (χ4v) is 4.58. The number of alkyl halides is 3. The number of hydrogen-bond donors (Lipinski definition) is 2. The Kier molecular flexibility index (Phi) is 9.29. The monoisotopic (exact) mass is 614 g/mol. The lowest BCUT2D eigenvalue weighted by molar-refractivity contribution is -0.198. The van der Waals surface area contributed by atoms with Gasteiger partial charge in [-0.25, -0.2) is 9.78 Å². The fourth-order valence-electron chi connectivity index (χ4n) is 4.58. The quantitative estimate of drug-likeness (QED) is 0.134. The van der Waals surface area contributed by atoms with Gasteiger partial charge in [-0.1, -0.05) is 78.9 Å². The maximum atomic E-state index is 14.2. The molecule has 8 nitrogen and oxygen atoms in total. The van der Waals surface area contributed by atoms with E-state index in [2.05, 4.69) is 9.97 Å². The number of methoxy groups -OCH3 is 1. The zero-order valence-electron chi connectivity index (χ0n) is 24.1. The molecule has 0 aliphatic rings. The van der Waals surface area contributed by atoms with Crippen LogP contribution >= 0.6 is 0 Å². The Labute approximate surface area is 257 Å². The number of para-hydroxylation sites is 1. The zero-order chi connectivity index (χ0) is 32.0. The molecule has 0 saturated heterocycles.